The van der Waals surface area contributed by atoms with Crippen LogP contribution in [0.3, 0.4) is 0 Å². The molecule has 3 aromatic rings. The van der Waals surface area contributed by atoms with Crippen molar-refractivity contribution in [2.45, 2.75) is 6.54 Å². The largest absolute Gasteiger partial charge is 0.378 e. The molecule has 2 aromatic heterocycles. The van der Waals surface area contributed by atoms with Gasteiger partial charge < -0.3 is 20.3 Å². The Hall–Kier alpha value is -3.79. The van der Waals surface area contributed by atoms with Crippen molar-refractivity contribution in [3.8, 4) is 0 Å². The third-order valence-corrected chi connectivity index (χ3v) is 4.54. The molecule has 3 heterocycles. The molecule has 30 heavy (non-hydrogen) atoms. The molecule has 1 amide bonds. The zero-order valence-corrected chi connectivity index (χ0v) is 16.2. The van der Waals surface area contributed by atoms with Crippen LogP contribution >= 0.6 is 0 Å². The van der Waals surface area contributed by atoms with Gasteiger partial charge in [-0.25, -0.2) is 4.68 Å². The standard InChI is InChI=1S/C20H21N7O3/c28-19(14-27-20(29)2-1-7-22-27)24-16-5-3-15(4-6-16)23-18-12-17(13-21-25-18)26-8-10-30-11-9-26/h1-7,12-13H,8-11,14H2,(H,23,25)(H,24,28). The number of nitrogens with one attached hydrogen (secondary N) is 2. The average molecular weight is 407 g/mol. The third-order valence-electron chi connectivity index (χ3n) is 4.54. The summed E-state index contributed by atoms with van der Waals surface area (Å²) in [6.45, 7) is 2.90. The summed E-state index contributed by atoms with van der Waals surface area (Å²) in [4.78, 5) is 26.0. The van der Waals surface area contributed by atoms with Crippen LogP contribution in [-0.4, -0.2) is 52.2 Å². The molecule has 154 valence electrons. The number of hydrogen-bond donors (Lipinski definition) is 2. The summed E-state index contributed by atoms with van der Waals surface area (Å²) in [5, 5.41) is 18.0. The van der Waals surface area contributed by atoms with Crippen LogP contribution in [0.4, 0.5) is 22.9 Å². The van der Waals surface area contributed by atoms with Crippen LogP contribution in [0.2, 0.25) is 0 Å². The molecule has 10 nitrogen and oxygen atoms in total. The predicted octanol–water partition coefficient (Wildman–Crippen LogP) is 1.25. The second-order valence-electron chi connectivity index (χ2n) is 6.67. The fourth-order valence-electron chi connectivity index (χ4n) is 3.04. The molecule has 0 spiro atoms. The second-order valence-corrected chi connectivity index (χ2v) is 6.67. The van der Waals surface area contributed by atoms with E-state index in [2.05, 4.69) is 30.8 Å². The molecule has 10 heteroatoms. The van der Waals surface area contributed by atoms with Crippen LogP contribution in [0.25, 0.3) is 0 Å². The summed E-state index contributed by atoms with van der Waals surface area (Å²) in [6, 6.07) is 12.0. The number of morpholine rings is 1. The van der Waals surface area contributed by atoms with Crippen LogP contribution < -0.4 is 21.1 Å². The Morgan fingerprint density at radius 3 is 2.63 bits per heavy atom. The Labute approximate surface area is 172 Å². The van der Waals surface area contributed by atoms with Crippen molar-refractivity contribution >= 4 is 28.8 Å². The lowest BCUT2D eigenvalue weighted by Gasteiger charge is -2.28. The number of ether oxygens (including phenoxy) is 1. The molecule has 0 radical (unpaired) electrons. The van der Waals surface area contributed by atoms with Gasteiger partial charge in [0.2, 0.25) is 5.91 Å². The lowest BCUT2D eigenvalue weighted by atomic mass is 10.2. The molecule has 0 unspecified atom stereocenters. The zero-order chi connectivity index (χ0) is 20.8. The Morgan fingerprint density at radius 1 is 1.10 bits per heavy atom. The molecule has 0 bridgehead atoms. The average Bonchev–Trinajstić information content (AvgIpc) is 2.78. The molecular formula is C20H21N7O3. The minimum Gasteiger partial charge on any atom is -0.378 e. The molecular weight excluding hydrogens is 386 g/mol. The van der Waals surface area contributed by atoms with E-state index >= 15 is 0 Å². The van der Waals surface area contributed by atoms with E-state index in [1.165, 1.54) is 18.3 Å². The van der Waals surface area contributed by atoms with Crippen molar-refractivity contribution < 1.29 is 9.53 Å². The topological polar surface area (TPSA) is 114 Å². The van der Waals surface area contributed by atoms with Gasteiger partial charge in [0.05, 0.1) is 25.1 Å². The predicted molar refractivity (Wildman–Crippen MR) is 112 cm³/mol. The number of carbonyl (C=O) groups is 1. The normalized spacial score (nSPS) is 13.7. The van der Waals surface area contributed by atoms with Crippen LogP contribution in [0.1, 0.15) is 0 Å². The van der Waals surface area contributed by atoms with E-state index in [1.807, 2.05) is 18.2 Å². The lowest BCUT2D eigenvalue weighted by Crippen LogP contribution is -2.36. The van der Waals surface area contributed by atoms with E-state index < -0.39 is 0 Å². The number of rotatable bonds is 6. The maximum absolute atomic E-state index is 12.1. The van der Waals surface area contributed by atoms with E-state index in [0.29, 0.717) is 24.7 Å². The number of carbonyl (C=O) groups excluding carboxylic acids is 1. The number of anilines is 4. The lowest BCUT2D eigenvalue weighted by molar-refractivity contribution is -0.117. The highest BCUT2D eigenvalue weighted by atomic mass is 16.5. The Balaban J connectivity index is 1.36. The van der Waals surface area contributed by atoms with Crippen molar-refractivity contribution in [2.75, 3.05) is 41.8 Å². The SMILES string of the molecule is O=C(Cn1ncccc1=O)Nc1ccc(Nc2cc(N3CCOCC3)cnn2)cc1. The minimum absolute atomic E-state index is 0.149. The van der Waals surface area contributed by atoms with Crippen LogP contribution in [0.5, 0.6) is 0 Å². The van der Waals surface area contributed by atoms with Gasteiger partial charge in [-0.05, 0) is 30.3 Å². The Morgan fingerprint density at radius 2 is 1.87 bits per heavy atom. The molecule has 4 rings (SSSR count). The fourth-order valence-corrected chi connectivity index (χ4v) is 3.04. The van der Waals surface area contributed by atoms with Crippen molar-refractivity contribution in [1.29, 1.82) is 0 Å². The van der Waals surface area contributed by atoms with Gasteiger partial charge in [0.25, 0.3) is 5.56 Å². The van der Waals surface area contributed by atoms with Crippen LogP contribution in [-0.2, 0) is 16.1 Å². The van der Waals surface area contributed by atoms with Crippen molar-refractivity contribution in [2.24, 2.45) is 0 Å². The molecule has 1 saturated heterocycles. The third kappa shape index (κ3) is 4.97. The molecule has 1 fully saturated rings. The molecule has 1 aromatic carbocycles. The summed E-state index contributed by atoms with van der Waals surface area (Å²) >= 11 is 0. The Bertz CT molecular complexity index is 1060. The molecule has 1 aliphatic rings. The summed E-state index contributed by atoms with van der Waals surface area (Å²) in [6.07, 6.45) is 3.20. The van der Waals surface area contributed by atoms with Crippen molar-refractivity contribution in [3.05, 3.63) is 65.2 Å². The molecule has 2 N–H and O–H groups in total. The number of amides is 1. The van der Waals surface area contributed by atoms with E-state index in [1.54, 1.807) is 18.3 Å². The van der Waals surface area contributed by atoms with Crippen molar-refractivity contribution in [1.82, 2.24) is 20.0 Å². The highest BCUT2D eigenvalue weighted by Gasteiger charge is 2.12. The number of hydrogen-bond acceptors (Lipinski definition) is 8. The van der Waals surface area contributed by atoms with Gasteiger partial charge in [-0.2, -0.15) is 10.2 Å². The van der Waals surface area contributed by atoms with E-state index in [0.717, 1.165) is 29.1 Å². The first-order valence-corrected chi connectivity index (χ1v) is 9.52. The Kier molecular flexibility index (Phi) is 5.95. The smallest absolute Gasteiger partial charge is 0.267 e. The summed E-state index contributed by atoms with van der Waals surface area (Å²) in [5.74, 6) is 0.297. The quantitative estimate of drug-likeness (QED) is 0.628. The maximum Gasteiger partial charge on any atom is 0.267 e. The maximum atomic E-state index is 12.1. The summed E-state index contributed by atoms with van der Waals surface area (Å²) < 4.78 is 6.48. The number of nitrogens with zero attached hydrogens (tertiary/aromatic N) is 5. The first-order valence-electron chi connectivity index (χ1n) is 9.52. The van der Waals surface area contributed by atoms with Crippen molar-refractivity contribution in [3.63, 3.8) is 0 Å². The summed E-state index contributed by atoms with van der Waals surface area (Å²) in [7, 11) is 0. The van der Waals surface area contributed by atoms with Gasteiger partial charge in [0.1, 0.15) is 6.54 Å². The van der Waals surface area contributed by atoms with Crippen LogP contribution in [0, 0.1) is 0 Å². The second kappa shape index (κ2) is 9.14. The monoisotopic (exact) mass is 407 g/mol. The molecule has 1 aliphatic heterocycles. The van der Waals surface area contributed by atoms with Crippen LogP contribution in [0.15, 0.2) is 59.7 Å². The van der Waals surface area contributed by atoms with Gasteiger partial charge in [-0.15, -0.1) is 5.10 Å². The minimum atomic E-state index is -0.333. The van der Waals surface area contributed by atoms with E-state index in [-0.39, 0.29) is 18.0 Å². The molecule has 0 aliphatic carbocycles. The van der Waals surface area contributed by atoms with Gasteiger partial charge >= 0.3 is 0 Å². The van der Waals surface area contributed by atoms with Gasteiger partial charge in [0.15, 0.2) is 5.82 Å². The first-order chi connectivity index (χ1) is 14.7. The first kappa shape index (κ1) is 19.5. The molecule has 0 atom stereocenters. The highest BCUT2D eigenvalue weighted by molar-refractivity contribution is 5.90. The molecule has 0 saturated carbocycles. The van der Waals surface area contributed by atoms with Gasteiger partial charge in [-0.1, -0.05) is 0 Å². The van der Waals surface area contributed by atoms with Gasteiger partial charge in [-0.3, -0.25) is 9.59 Å². The number of aromatic nitrogens is 4. The van der Waals surface area contributed by atoms with Gasteiger partial charge in [0, 0.05) is 42.8 Å². The van der Waals surface area contributed by atoms with E-state index in [4.69, 9.17) is 4.74 Å². The number of benzene rings is 1. The zero-order valence-electron chi connectivity index (χ0n) is 16.2. The fraction of sp³-hybridized carbons (Fsp3) is 0.250. The summed E-state index contributed by atoms with van der Waals surface area (Å²) in [5.41, 5.74) is 2.09. The van der Waals surface area contributed by atoms with E-state index in [9.17, 15) is 9.59 Å². The highest BCUT2D eigenvalue weighted by Crippen LogP contribution is 2.21.